The van der Waals surface area contributed by atoms with Crippen LogP contribution in [0, 0.1) is 11.8 Å². The number of nitrogens with one attached hydrogen (secondary N) is 1. The summed E-state index contributed by atoms with van der Waals surface area (Å²) in [5.74, 6) is 1.68. The number of hydrogen-bond acceptors (Lipinski definition) is 1. The van der Waals surface area contributed by atoms with Gasteiger partial charge in [-0.25, -0.2) is 0 Å². The van der Waals surface area contributed by atoms with Crippen LogP contribution in [0.1, 0.15) is 25.3 Å². The van der Waals surface area contributed by atoms with Gasteiger partial charge in [0, 0.05) is 11.1 Å². The molecule has 1 aliphatic carbocycles. The van der Waals surface area contributed by atoms with Gasteiger partial charge in [0.1, 0.15) is 0 Å². The average molecular weight is 238 g/mol. The fourth-order valence-corrected chi connectivity index (χ4v) is 2.62. The van der Waals surface area contributed by atoms with Crippen molar-refractivity contribution in [2.24, 2.45) is 11.8 Å². The van der Waals surface area contributed by atoms with E-state index in [2.05, 4.69) is 31.4 Å². The number of benzene rings is 1. The lowest BCUT2D eigenvalue weighted by Gasteiger charge is -2.24. The van der Waals surface area contributed by atoms with Crippen LogP contribution < -0.4 is 5.32 Å². The van der Waals surface area contributed by atoms with E-state index in [9.17, 15) is 0 Å². The van der Waals surface area contributed by atoms with Gasteiger partial charge < -0.3 is 5.32 Å². The van der Waals surface area contributed by atoms with Gasteiger partial charge in [-0.15, -0.1) is 0 Å². The first kappa shape index (κ1) is 11.9. The van der Waals surface area contributed by atoms with Crippen LogP contribution in [-0.4, -0.2) is 13.1 Å². The summed E-state index contributed by atoms with van der Waals surface area (Å²) in [7, 11) is 2.06. The fraction of sp³-hybridized carbons (Fsp3) is 0.571. The zero-order chi connectivity index (χ0) is 11.5. The molecule has 1 aliphatic rings. The Balaban J connectivity index is 2.03. The molecule has 0 spiro atoms. The summed E-state index contributed by atoms with van der Waals surface area (Å²) in [5.41, 5.74) is 1.26. The van der Waals surface area contributed by atoms with Gasteiger partial charge >= 0.3 is 0 Å². The van der Waals surface area contributed by atoms with Crippen molar-refractivity contribution >= 4 is 11.6 Å². The van der Waals surface area contributed by atoms with Crippen molar-refractivity contribution in [3.05, 3.63) is 34.9 Å². The molecule has 1 fully saturated rings. The molecule has 0 aromatic heterocycles. The van der Waals surface area contributed by atoms with E-state index in [4.69, 9.17) is 11.6 Å². The Kier molecular flexibility index (Phi) is 3.88. The summed E-state index contributed by atoms with van der Waals surface area (Å²) < 4.78 is 0. The van der Waals surface area contributed by atoms with Gasteiger partial charge in [-0.1, -0.05) is 36.7 Å². The first-order valence-electron chi connectivity index (χ1n) is 6.13. The summed E-state index contributed by atoms with van der Waals surface area (Å²) in [6, 6.07) is 8.71. The Bertz CT molecular complexity index is 346. The van der Waals surface area contributed by atoms with Crippen LogP contribution in [0.4, 0.5) is 0 Å². The third kappa shape index (κ3) is 2.78. The molecule has 2 unspecified atom stereocenters. The average Bonchev–Trinajstić information content (AvgIpc) is 3.11. The molecular formula is C14H20ClN. The number of hydrogen-bond donors (Lipinski definition) is 1. The summed E-state index contributed by atoms with van der Waals surface area (Å²) >= 11 is 6.20. The van der Waals surface area contributed by atoms with E-state index in [1.807, 2.05) is 12.1 Å². The highest BCUT2D eigenvalue weighted by Crippen LogP contribution is 2.39. The zero-order valence-electron chi connectivity index (χ0n) is 10.0. The molecule has 0 saturated heterocycles. The third-order valence-corrected chi connectivity index (χ3v) is 4.14. The van der Waals surface area contributed by atoms with Gasteiger partial charge in [-0.05, 0) is 49.8 Å². The fourth-order valence-electron chi connectivity index (χ4n) is 2.40. The minimum Gasteiger partial charge on any atom is -0.316 e. The molecule has 1 aromatic carbocycles. The van der Waals surface area contributed by atoms with Gasteiger partial charge in [0.15, 0.2) is 0 Å². The molecule has 0 aliphatic heterocycles. The largest absolute Gasteiger partial charge is 0.316 e. The summed E-state index contributed by atoms with van der Waals surface area (Å²) in [4.78, 5) is 0. The Morgan fingerprint density at radius 1 is 1.38 bits per heavy atom. The highest BCUT2D eigenvalue weighted by Gasteiger charge is 2.32. The van der Waals surface area contributed by atoms with E-state index in [0.29, 0.717) is 6.04 Å². The van der Waals surface area contributed by atoms with Crippen LogP contribution in [0.2, 0.25) is 5.02 Å². The molecule has 2 heteroatoms. The van der Waals surface area contributed by atoms with Gasteiger partial charge in [-0.2, -0.15) is 0 Å². The van der Waals surface area contributed by atoms with Crippen LogP contribution >= 0.6 is 11.6 Å². The number of halogens is 1. The van der Waals surface area contributed by atoms with Gasteiger partial charge in [0.25, 0.3) is 0 Å². The summed E-state index contributed by atoms with van der Waals surface area (Å²) in [5, 5.41) is 4.33. The highest BCUT2D eigenvalue weighted by atomic mass is 35.5. The van der Waals surface area contributed by atoms with Crippen LogP contribution in [0.25, 0.3) is 0 Å². The maximum atomic E-state index is 6.20. The molecule has 0 heterocycles. The molecule has 2 rings (SSSR count). The quantitative estimate of drug-likeness (QED) is 0.827. The molecule has 1 nitrogen and oxygen atoms in total. The van der Waals surface area contributed by atoms with E-state index in [1.165, 1.54) is 18.4 Å². The minimum atomic E-state index is 0.549. The van der Waals surface area contributed by atoms with E-state index in [0.717, 1.165) is 23.3 Å². The molecule has 2 atom stereocenters. The molecule has 1 N–H and O–H groups in total. The molecule has 0 radical (unpaired) electrons. The lowest BCUT2D eigenvalue weighted by Crippen LogP contribution is -2.35. The van der Waals surface area contributed by atoms with Crippen molar-refractivity contribution in [2.75, 3.05) is 7.05 Å². The van der Waals surface area contributed by atoms with E-state index in [1.54, 1.807) is 0 Å². The van der Waals surface area contributed by atoms with E-state index >= 15 is 0 Å². The van der Waals surface area contributed by atoms with Gasteiger partial charge in [0.05, 0.1) is 0 Å². The van der Waals surface area contributed by atoms with Crippen molar-refractivity contribution in [2.45, 2.75) is 32.2 Å². The molecule has 0 amide bonds. The normalized spacial score (nSPS) is 19.4. The first-order chi connectivity index (χ1) is 7.72. The van der Waals surface area contributed by atoms with E-state index < -0.39 is 0 Å². The molecule has 0 bridgehead atoms. The second-order valence-corrected chi connectivity index (χ2v) is 5.29. The smallest absolute Gasteiger partial charge is 0.0438 e. The Labute approximate surface area is 103 Å². The third-order valence-electron chi connectivity index (χ3n) is 3.77. The van der Waals surface area contributed by atoms with Crippen molar-refractivity contribution in [3.8, 4) is 0 Å². The van der Waals surface area contributed by atoms with Gasteiger partial charge in [0.2, 0.25) is 0 Å². The maximum absolute atomic E-state index is 6.20. The monoisotopic (exact) mass is 237 g/mol. The molecule has 1 aromatic rings. The minimum absolute atomic E-state index is 0.549. The van der Waals surface area contributed by atoms with Crippen LogP contribution in [0.3, 0.4) is 0 Å². The summed E-state index contributed by atoms with van der Waals surface area (Å²) in [6.45, 7) is 2.36. The van der Waals surface area contributed by atoms with Crippen molar-refractivity contribution < 1.29 is 0 Å². The second-order valence-electron chi connectivity index (χ2n) is 4.89. The first-order valence-corrected chi connectivity index (χ1v) is 6.51. The Morgan fingerprint density at radius 3 is 2.62 bits per heavy atom. The predicted octanol–water partition coefficient (Wildman–Crippen LogP) is 3.52. The van der Waals surface area contributed by atoms with Crippen molar-refractivity contribution in [1.82, 2.24) is 5.32 Å². The predicted molar refractivity (Wildman–Crippen MR) is 69.9 cm³/mol. The Hall–Kier alpha value is -0.530. The van der Waals surface area contributed by atoms with Crippen molar-refractivity contribution in [1.29, 1.82) is 0 Å². The van der Waals surface area contributed by atoms with E-state index in [-0.39, 0.29) is 0 Å². The van der Waals surface area contributed by atoms with Crippen LogP contribution in [-0.2, 0) is 6.42 Å². The molecule has 88 valence electrons. The standard InChI is InChI=1S/C14H20ClN/c1-10(11-7-8-11)14(16-2)9-12-5-3-4-6-13(12)15/h3-6,10-11,14,16H,7-9H2,1-2H3. The summed E-state index contributed by atoms with van der Waals surface area (Å²) in [6.07, 6.45) is 3.84. The van der Waals surface area contributed by atoms with Gasteiger partial charge in [-0.3, -0.25) is 0 Å². The lowest BCUT2D eigenvalue weighted by molar-refractivity contribution is 0.358. The topological polar surface area (TPSA) is 12.0 Å². The molecular weight excluding hydrogens is 218 g/mol. The molecule has 16 heavy (non-hydrogen) atoms. The van der Waals surface area contributed by atoms with Crippen molar-refractivity contribution in [3.63, 3.8) is 0 Å². The zero-order valence-corrected chi connectivity index (χ0v) is 10.8. The Morgan fingerprint density at radius 2 is 2.06 bits per heavy atom. The van der Waals surface area contributed by atoms with Crippen LogP contribution in [0.15, 0.2) is 24.3 Å². The van der Waals surface area contributed by atoms with Crippen LogP contribution in [0.5, 0.6) is 0 Å². The maximum Gasteiger partial charge on any atom is 0.0438 e. The highest BCUT2D eigenvalue weighted by molar-refractivity contribution is 6.31. The SMILES string of the molecule is CNC(Cc1ccccc1Cl)C(C)C1CC1. The second kappa shape index (κ2) is 5.20. The molecule has 1 saturated carbocycles. The lowest BCUT2D eigenvalue weighted by atomic mass is 9.91. The number of rotatable bonds is 5. The number of likely N-dealkylation sites (N-methyl/N-ethyl adjacent to an activating group) is 1.